The Kier molecular flexibility index (Phi) is 8.68. The van der Waals surface area contributed by atoms with Crippen LogP contribution >= 0.6 is 16.6 Å². The normalized spacial score (nSPS) is 12.3. The summed E-state index contributed by atoms with van der Waals surface area (Å²) in [7, 11) is -3.38. The molecule has 15 heavy (non-hydrogen) atoms. The van der Waals surface area contributed by atoms with E-state index < -0.39 is 16.6 Å². The zero-order valence-corrected chi connectivity index (χ0v) is 10.4. The predicted octanol–water partition coefficient (Wildman–Crippen LogP) is 3.30. The Hall–Kier alpha value is -0.370. The molecule has 0 aliphatic carbocycles. The third kappa shape index (κ3) is 5.93. The summed E-state index contributed by atoms with van der Waals surface area (Å²) in [5.41, 5.74) is 0. The molecule has 0 aromatic carbocycles. The van der Waals surface area contributed by atoms with Gasteiger partial charge in [0.1, 0.15) is 0 Å². The van der Waals surface area contributed by atoms with E-state index in [9.17, 15) is 4.57 Å². The second-order valence-electron chi connectivity index (χ2n) is 2.54. The summed E-state index contributed by atoms with van der Waals surface area (Å²) < 4.78 is 26.3. The van der Waals surface area contributed by atoms with Crippen LogP contribution < -0.4 is 0 Å². The summed E-state index contributed by atoms with van der Waals surface area (Å²) in [6, 6.07) is 0. The first-order valence-electron chi connectivity index (χ1n) is 4.36. The minimum absolute atomic E-state index is 0.284. The molecular formula is C9H16O4P2. The quantitative estimate of drug-likeness (QED) is 0.441. The van der Waals surface area contributed by atoms with Gasteiger partial charge in [-0.15, -0.1) is 0 Å². The maximum absolute atomic E-state index is 10.5. The van der Waals surface area contributed by atoms with E-state index in [0.29, 0.717) is 6.16 Å². The van der Waals surface area contributed by atoms with Crippen molar-refractivity contribution in [1.82, 2.24) is 0 Å². The Morgan fingerprint density at radius 1 is 1.07 bits per heavy atom. The Bertz CT molecular complexity index is 206. The second kappa shape index (κ2) is 8.90. The van der Waals surface area contributed by atoms with Crippen molar-refractivity contribution >= 4 is 16.6 Å². The molecule has 4 nitrogen and oxygen atoms in total. The van der Waals surface area contributed by atoms with Gasteiger partial charge in [0, 0.05) is 0 Å². The molecule has 6 heteroatoms. The fraction of sp³-hybridized carbons (Fsp3) is 0.333. The van der Waals surface area contributed by atoms with Crippen LogP contribution in [-0.2, 0) is 17.9 Å². The van der Waals surface area contributed by atoms with Gasteiger partial charge in [-0.1, -0.05) is 0 Å². The molecule has 0 aromatic heterocycles. The average Bonchev–Trinajstić information content (AvgIpc) is 2.24. The fourth-order valence-electron chi connectivity index (χ4n) is 0.855. The van der Waals surface area contributed by atoms with Crippen molar-refractivity contribution < 1.29 is 17.9 Å². The molecule has 86 valence electrons. The van der Waals surface area contributed by atoms with Crippen molar-refractivity contribution in [3.05, 3.63) is 38.0 Å². The van der Waals surface area contributed by atoms with Crippen molar-refractivity contribution in [2.75, 3.05) is 19.4 Å². The van der Waals surface area contributed by atoms with Crippen LogP contribution in [0.3, 0.4) is 0 Å². The Labute approximate surface area is 92.5 Å². The van der Waals surface area contributed by atoms with E-state index in [-0.39, 0.29) is 13.2 Å². The van der Waals surface area contributed by atoms with Crippen LogP contribution in [0.2, 0.25) is 0 Å². The van der Waals surface area contributed by atoms with Crippen molar-refractivity contribution in [2.24, 2.45) is 0 Å². The van der Waals surface area contributed by atoms with Crippen LogP contribution in [-0.4, -0.2) is 19.4 Å². The molecule has 0 radical (unpaired) electrons. The SMILES string of the molecule is C=CCO[PH](CC=C)(OCC=C)OP=O. The zero-order valence-electron chi connectivity index (χ0n) is 8.55. The molecule has 0 N–H and O–H groups in total. The first kappa shape index (κ1) is 14.6. The summed E-state index contributed by atoms with van der Waals surface area (Å²) in [6.45, 7) is 11.2. The molecule has 0 aromatic rings. The van der Waals surface area contributed by atoms with Crippen molar-refractivity contribution in [1.29, 1.82) is 0 Å². The standard InChI is InChI=1S/C9H16O4P2/c1-4-7-11-15(9-6-3,13-14-10)12-8-5-2/h4-6,15H,1-3,7-9H2. The molecule has 0 atom stereocenters. The molecule has 0 bridgehead atoms. The van der Waals surface area contributed by atoms with Crippen LogP contribution in [0.1, 0.15) is 0 Å². The number of hydrogen-bond donors (Lipinski definition) is 0. The molecule has 0 fully saturated rings. The summed E-state index contributed by atoms with van der Waals surface area (Å²) >= 11 is 0. The summed E-state index contributed by atoms with van der Waals surface area (Å²) in [4.78, 5) is 0. The van der Waals surface area contributed by atoms with E-state index in [1.807, 2.05) is 0 Å². The van der Waals surface area contributed by atoms with Crippen molar-refractivity contribution in [3.63, 3.8) is 0 Å². The van der Waals surface area contributed by atoms with Gasteiger partial charge < -0.3 is 0 Å². The van der Waals surface area contributed by atoms with Gasteiger partial charge in [0.15, 0.2) is 0 Å². The van der Waals surface area contributed by atoms with Gasteiger partial charge in [0.2, 0.25) is 0 Å². The molecule has 0 saturated heterocycles. The molecule has 0 aliphatic heterocycles. The third-order valence-electron chi connectivity index (χ3n) is 1.41. The first-order chi connectivity index (χ1) is 7.24. The maximum atomic E-state index is 10.5. The van der Waals surface area contributed by atoms with Gasteiger partial charge in [0.25, 0.3) is 0 Å². The van der Waals surface area contributed by atoms with Crippen LogP contribution in [0, 0.1) is 0 Å². The average molecular weight is 250 g/mol. The summed E-state index contributed by atoms with van der Waals surface area (Å²) in [6.07, 6.45) is 5.16. The summed E-state index contributed by atoms with van der Waals surface area (Å²) in [5, 5.41) is 0. The molecule has 0 saturated carbocycles. The molecule has 0 rings (SSSR count). The third-order valence-corrected chi connectivity index (χ3v) is 4.83. The topological polar surface area (TPSA) is 44.8 Å². The molecule has 0 unspecified atom stereocenters. The molecule has 0 aliphatic rings. The molecule has 0 heterocycles. The van der Waals surface area contributed by atoms with E-state index in [1.165, 1.54) is 0 Å². The number of allylic oxidation sites excluding steroid dienone is 1. The predicted molar refractivity (Wildman–Crippen MR) is 64.4 cm³/mol. The fourth-order valence-corrected chi connectivity index (χ4v) is 3.45. The van der Waals surface area contributed by atoms with Gasteiger partial charge in [-0.25, -0.2) is 0 Å². The van der Waals surface area contributed by atoms with Gasteiger partial charge in [-0.05, 0) is 0 Å². The Balaban J connectivity index is 4.51. The first-order valence-corrected chi connectivity index (χ1v) is 7.02. The summed E-state index contributed by atoms with van der Waals surface area (Å²) in [5.74, 6) is 0. The Morgan fingerprint density at radius 3 is 1.93 bits per heavy atom. The van der Waals surface area contributed by atoms with Crippen LogP contribution in [0.15, 0.2) is 38.0 Å². The van der Waals surface area contributed by atoms with Gasteiger partial charge >= 0.3 is 91.9 Å². The molecule has 0 spiro atoms. The van der Waals surface area contributed by atoms with Gasteiger partial charge in [-0.2, -0.15) is 0 Å². The van der Waals surface area contributed by atoms with Gasteiger partial charge in [0.05, 0.1) is 0 Å². The van der Waals surface area contributed by atoms with Crippen molar-refractivity contribution in [2.45, 2.75) is 0 Å². The van der Waals surface area contributed by atoms with E-state index in [1.54, 1.807) is 18.2 Å². The Morgan fingerprint density at radius 2 is 1.60 bits per heavy atom. The number of hydrogen-bond acceptors (Lipinski definition) is 4. The molecular weight excluding hydrogens is 234 g/mol. The molecule has 0 amide bonds. The van der Waals surface area contributed by atoms with Crippen molar-refractivity contribution in [3.8, 4) is 0 Å². The number of rotatable bonds is 10. The van der Waals surface area contributed by atoms with E-state index in [2.05, 4.69) is 19.7 Å². The monoisotopic (exact) mass is 250 g/mol. The van der Waals surface area contributed by atoms with E-state index in [0.717, 1.165) is 0 Å². The van der Waals surface area contributed by atoms with E-state index >= 15 is 0 Å². The minimum atomic E-state index is -2.92. The van der Waals surface area contributed by atoms with Gasteiger partial charge in [-0.3, -0.25) is 0 Å². The van der Waals surface area contributed by atoms with Crippen LogP contribution in [0.5, 0.6) is 0 Å². The second-order valence-corrected chi connectivity index (χ2v) is 5.77. The van der Waals surface area contributed by atoms with E-state index in [4.69, 9.17) is 13.4 Å². The zero-order chi connectivity index (χ0) is 11.6. The van der Waals surface area contributed by atoms with Crippen LogP contribution in [0.25, 0.3) is 0 Å². The van der Waals surface area contributed by atoms with Crippen LogP contribution in [0.4, 0.5) is 0 Å².